The zero-order valence-corrected chi connectivity index (χ0v) is 9.03. The third kappa shape index (κ3) is 1.39. The summed E-state index contributed by atoms with van der Waals surface area (Å²) in [4.78, 5) is 10.2. The van der Waals surface area contributed by atoms with Crippen molar-refractivity contribution < 1.29 is 14.4 Å². The van der Waals surface area contributed by atoms with Crippen LogP contribution in [0.4, 0.5) is 10.1 Å². The molecule has 2 rings (SSSR count). The monoisotopic (exact) mass is 225 g/mol. The maximum atomic E-state index is 13.7. The summed E-state index contributed by atoms with van der Waals surface area (Å²) in [5, 5.41) is 20.6. The minimum absolute atomic E-state index is 0.134. The first-order valence-electron chi connectivity index (χ1n) is 5.00. The lowest BCUT2D eigenvalue weighted by Gasteiger charge is -2.18. The van der Waals surface area contributed by atoms with Gasteiger partial charge in [0.1, 0.15) is 5.82 Å². The third-order valence-electron chi connectivity index (χ3n) is 3.08. The van der Waals surface area contributed by atoms with Crippen LogP contribution in [0.5, 0.6) is 0 Å². The summed E-state index contributed by atoms with van der Waals surface area (Å²) in [6, 6.07) is 2.20. The molecule has 1 atom stereocenters. The normalized spacial score (nSPS) is 21.9. The molecule has 0 saturated carbocycles. The van der Waals surface area contributed by atoms with E-state index in [9.17, 15) is 19.6 Å². The average molecular weight is 225 g/mol. The fraction of sp³-hybridized carbons (Fsp3) is 0.455. The molecule has 0 fully saturated rings. The topological polar surface area (TPSA) is 63.4 Å². The molecule has 0 saturated heterocycles. The maximum Gasteiger partial charge on any atom is 0.275 e. The Morgan fingerprint density at radius 2 is 2.19 bits per heavy atom. The molecule has 0 spiro atoms. The van der Waals surface area contributed by atoms with Gasteiger partial charge in [-0.2, -0.15) is 0 Å². The van der Waals surface area contributed by atoms with E-state index in [0.29, 0.717) is 6.42 Å². The van der Waals surface area contributed by atoms with Crippen LogP contribution in [0.25, 0.3) is 0 Å². The molecule has 1 aromatic rings. The van der Waals surface area contributed by atoms with Crippen LogP contribution in [-0.4, -0.2) is 10.0 Å². The maximum absolute atomic E-state index is 13.7. The molecule has 4 nitrogen and oxygen atoms in total. The lowest BCUT2D eigenvalue weighted by atomic mass is 9.86. The highest BCUT2D eigenvalue weighted by Crippen LogP contribution is 2.49. The molecule has 0 heterocycles. The molecule has 5 heteroatoms. The van der Waals surface area contributed by atoms with E-state index in [-0.39, 0.29) is 16.8 Å². The molecule has 1 aliphatic carbocycles. The smallest absolute Gasteiger partial charge is 0.275 e. The largest absolute Gasteiger partial charge is 0.388 e. The predicted molar refractivity (Wildman–Crippen MR) is 55.7 cm³/mol. The van der Waals surface area contributed by atoms with Crippen molar-refractivity contribution in [1.82, 2.24) is 0 Å². The number of nitro groups is 1. The summed E-state index contributed by atoms with van der Waals surface area (Å²) in [7, 11) is 0. The summed E-state index contributed by atoms with van der Waals surface area (Å²) in [6.07, 6.45) is -0.648. The van der Waals surface area contributed by atoms with Crippen molar-refractivity contribution in [1.29, 1.82) is 0 Å². The Morgan fingerprint density at radius 1 is 1.56 bits per heavy atom. The Bertz CT molecular complexity index is 471. The van der Waals surface area contributed by atoms with Crippen molar-refractivity contribution in [2.24, 2.45) is 0 Å². The minimum atomic E-state index is -0.957. The van der Waals surface area contributed by atoms with Crippen LogP contribution in [-0.2, 0) is 5.41 Å². The van der Waals surface area contributed by atoms with Crippen molar-refractivity contribution in [3.63, 3.8) is 0 Å². The molecular formula is C11H12FNO3. The van der Waals surface area contributed by atoms with Crippen molar-refractivity contribution in [3.8, 4) is 0 Å². The summed E-state index contributed by atoms with van der Waals surface area (Å²) < 4.78 is 13.7. The van der Waals surface area contributed by atoms with E-state index >= 15 is 0 Å². The summed E-state index contributed by atoms with van der Waals surface area (Å²) >= 11 is 0. The molecule has 1 aliphatic rings. The zero-order chi connectivity index (χ0) is 12.1. The Hall–Kier alpha value is -1.49. The van der Waals surface area contributed by atoms with Crippen LogP contribution in [0.2, 0.25) is 0 Å². The van der Waals surface area contributed by atoms with E-state index in [4.69, 9.17) is 0 Å². The molecule has 0 aromatic heterocycles. The molecule has 0 radical (unpaired) electrons. The van der Waals surface area contributed by atoms with Gasteiger partial charge in [-0.1, -0.05) is 13.8 Å². The number of fused-ring (bicyclic) bond motifs is 1. The Balaban J connectivity index is 2.76. The van der Waals surface area contributed by atoms with Gasteiger partial charge >= 0.3 is 0 Å². The summed E-state index contributed by atoms with van der Waals surface area (Å²) in [5.41, 5.74) is -0.358. The molecule has 1 aromatic carbocycles. The van der Waals surface area contributed by atoms with E-state index in [1.165, 1.54) is 0 Å². The number of halogens is 1. The number of nitrogens with zero attached hydrogens (tertiary/aromatic N) is 1. The fourth-order valence-electron chi connectivity index (χ4n) is 2.45. The van der Waals surface area contributed by atoms with Gasteiger partial charge in [-0.15, -0.1) is 0 Å². The number of nitro benzene ring substituents is 1. The van der Waals surface area contributed by atoms with Gasteiger partial charge < -0.3 is 5.11 Å². The second kappa shape index (κ2) is 3.25. The number of aliphatic hydroxyl groups is 1. The van der Waals surface area contributed by atoms with Crippen LogP contribution in [0, 0.1) is 15.9 Å². The molecule has 0 bridgehead atoms. The van der Waals surface area contributed by atoms with Crippen molar-refractivity contribution in [3.05, 3.63) is 39.2 Å². The lowest BCUT2D eigenvalue weighted by molar-refractivity contribution is -0.386. The lowest BCUT2D eigenvalue weighted by Crippen LogP contribution is -2.14. The van der Waals surface area contributed by atoms with Crippen LogP contribution in [0.3, 0.4) is 0 Å². The second-order valence-corrected chi connectivity index (χ2v) is 4.72. The molecular weight excluding hydrogens is 213 g/mol. The highest BCUT2D eigenvalue weighted by molar-refractivity contribution is 5.53. The van der Waals surface area contributed by atoms with Gasteiger partial charge in [0.15, 0.2) is 0 Å². The van der Waals surface area contributed by atoms with Gasteiger partial charge in [0.2, 0.25) is 0 Å². The third-order valence-corrected chi connectivity index (χ3v) is 3.08. The first-order valence-corrected chi connectivity index (χ1v) is 5.00. The van der Waals surface area contributed by atoms with Gasteiger partial charge in [-0.3, -0.25) is 10.1 Å². The van der Waals surface area contributed by atoms with E-state index in [1.54, 1.807) is 13.8 Å². The average Bonchev–Trinajstić information content (AvgIpc) is 2.38. The molecule has 16 heavy (non-hydrogen) atoms. The zero-order valence-electron chi connectivity index (χ0n) is 9.03. The number of hydrogen-bond acceptors (Lipinski definition) is 3. The molecule has 1 N–H and O–H groups in total. The molecule has 86 valence electrons. The fourth-order valence-corrected chi connectivity index (χ4v) is 2.45. The first kappa shape index (κ1) is 11.0. The number of hydrogen-bond donors (Lipinski definition) is 1. The van der Waals surface area contributed by atoms with E-state index < -0.39 is 22.3 Å². The molecule has 0 unspecified atom stereocenters. The highest BCUT2D eigenvalue weighted by atomic mass is 19.1. The second-order valence-electron chi connectivity index (χ2n) is 4.72. The van der Waals surface area contributed by atoms with Crippen molar-refractivity contribution in [2.45, 2.75) is 31.8 Å². The summed E-state index contributed by atoms with van der Waals surface area (Å²) in [6.45, 7) is 3.55. The van der Waals surface area contributed by atoms with Gasteiger partial charge in [-0.05, 0) is 17.9 Å². The van der Waals surface area contributed by atoms with E-state index in [1.807, 2.05) is 0 Å². The minimum Gasteiger partial charge on any atom is -0.388 e. The van der Waals surface area contributed by atoms with Crippen molar-refractivity contribution in [2.75, 3.05) is 0 Å². The van der Waals surface area contributed by atoms with Gasteiger partial charge in [0, 0.05) is 11.6 Å². The van der Waals surface area contributed by atoms with Gasteiger partial charge in [0.05, 0.1) is 16.6 Å². The van der Waals surface area contributed by atoms with Crippen LogP contribution in [0.1, 0.15) is 37.5 Å². The summed E-state index contributed by atoms with van der Waals surface area (Å²) in [5.74, 6) is -0.484. The standard InChI is InChI=1S/C11H12FNO3/c1-11(2)5-8(14)9-7(13(15)16)4-3-6(12)10(9)11/h3-4,8,14H,5H2,1-2H3/t8-/m1/s1. The number of aliphatic hydroxyl groups excluding tert-OH is 1. The van der Waals surface area contributed by atoms with Gasteiger partial charge in [-0.25, -0.2) is 4.39 Å². The van der Waals surface area contributed by atoms with Gasteiger partial charge in [0.25, 0.3) is 5.69 Å². The molecule has 0 aliphatic heterocycles. The van der Waals surface area contributed by atoms with E-state index in [2.05, 4.69) is 0 Å². The Morgan fingerprint density at radius 3 is 2.75 bits per heavy atom. The van der Waals surface area contributed by atoms with Crippen LogP contribution < -0.4 is 0 Å². The SMILES string of the molecule is CC1(C)C[C@@H](O)c2c([N+](=O)[O-])ccc(F)c21. The Labute approximate surface area is 91.9 Å². The van der Waals surface area contributed by atoms with Crippen molar-refractivity contribution >= 4 is 5.69 Å². The quantitative estimate of drug-likeness (QED) is 0.589. The predicted octanol–water partition coefficient (Wildman–Crippen LogP) is 2.45. The van der Waals surface area contributed by atoms with E-state index in [0.717, 1.165) is 12.1 Å². The molecule has 0 amide bonds. The van der Waals surface area contributed by atoms with Crippen LogP contribution >= 0.6 is 0 Å². The number of rotatable bonds is 1. The van der Waals surface area contributed by atoms with Crippen LogP contribution in [0.15, 0.2) is 12.1 Å². The highest BCUT2D eigenvalue weighted by Gasteiger charge is 2.42. The Kier molecular flexibility index (Phi) is 2.24. The first-order chi connectivity index (χ1) is 7.34. The number of benzene rings is 1.